The van der Waals surface area contributed by atoms with E-state index in [1.54, 1.807) is 30.9 Å². The van der Waals surface area contributed by atoms with Gasteiger partial charge in [-0.3, -0.25) is 9.59 Å². The van der Waals surface area contributed by atoms with E-state index in [1.165, 1.54) is 12.1 Å². The van der Waals surface area contributed by atoms with Crippen LogP contribution >= 0.6 is 0 Å². The van der Waals surface area contributed by atoms with Crippen molar-refractivity contribution in [3.8, 4) is 6.07 Å². The van der Waals surface area contributed by atoms with Crippen molar-refractivity contribution in [2.75, 3.05) is 37.6 Å². The molecule has 0 bridgehead atoms. The van der Waals surface area contributed by atoms with Gasteiger partial charge in [0.1, 0.15) is 11.2 Å². The molecular weight excluding hydrogens is 323 g/mol. The van der Waals surface area contributed by atoms with E-state index in [0.29, 0.717) is 26.2 Å². The van der Waals surface area contributed by atoms with Crippen molar-refractivity contribution >= 4 is 17.5 Å². The molecule has 2 rings (SSSR count). The fraction of sp³-hybridized carbons (Fsp3) is 0.500. The van der Waals surface area contributed by atoms with Crippen LogP contribution in [0.3, 0.4) is 0 Å². The van der Waals surface area contributed by atoms with E-state index < -0.39 is 5.41 Å². The minimum atomic E-state index is -1.09. The van der Waals surface area contributed by atoms with E-state index in [1.807, 2.05) is 6.07 Å². The number of amides is 2. The van der Waals surface area contributed by atoms with Crippen molar-refractivity contribution in [2.45, 2.75) is 20.3 Å². The molecule has 1 N–H and O–H groups in total. The summed E-state index contributed by atoms with van der Waals surface area (Å²) in [7, 11) is 0. The molecule has 0 atom stereocenters. The molecule has 1 aliphatic rings. The predicted octanol–water partition coefficient (Wildman–Crippen LogP) is 1.53. The van der Waals surface area contributed by atoms with Crippen molar-refractivity contribution in [3.63, 3.8) is 0 Å². The summed E-state index contributed by atoms with van der Waals surface area (Å²) in [5.41, 5.74) is -0.149. The summed E-state index contributed by atoms with van der Waals surface area (Å²) in [6, 6.07) is 8.26. The number of benzene rings is 1. The summed E-state index contributed by atoms with van der Waals surface area (Å²) in [6.45, 7) is 5.86. The lowest BCUT2D eigenvalue weighted by atomic mass is 9.95. The maximum absolute atomic E-state index is 13.0. The fourth-order valence-corrected chi connectivity index (χ4v) is 2.58. The van der Waals surface area contributed by atoms with Crippen molar-refractivity contribution in [3.05, 3.63) is 30.1 Å². The second-order valence-electron chi connectivity index (χ2n) is 6.59. The lowest BCUT2D eigenvalue weighted by Crippen LogP contribution is -2.49. The summed E-state index contributed by atoms with van der Waals surface area (Å²) < 4.78 is 13.0. The van der Waals surface area contributed by atoms with Crippen LogP contribution < -0.4 is 10.2 Å². The van der Waals surface area contributed by atoms with Gasteiger partial charge in [0, 0.05) is 44.8 Å². The van der Waals surface area contributed by atoms with E-state index in [2.05, 4.69) is 10.2 Å². The van der Waals surface area contributed by atoms with E-state index in [0.717, 1.165) is 5.69 Å². The van der Waals surface area contributed by atoms with Crippen molar-refractivity contribution in [1.82, 2.24) is 10.2 Å². The van der Waals surface area contributed by atoms with Gasteiger partial charge in [-0.2, -0.15) is 5.26 Å². The van der Waals surface area contributed by atoms with Crippen LogP contribution in [0.15, 0.2) is 24.3 Å². The third-order valence-electron chi connectivity index (χ3n) is 4.30. The molecule has 134 valence electrons. The Morgan fingerprint density at radius 1 is 1.20 bits per heavy atom. The highest BCUT2D eigenvalue weighted by Gasteiger charge is 2.27. The first kappa shape index (κ1) is 18.7. The van der Waals surface area contributed by atoms with Crippen LogP contribution in [0.4, 0.5) is 10.1 Å². The Morgan fingerprint density at radius 3 is 2.36 bits per heavy atom. The van der Waals surface area contributed by atoms with Gasteiger partial charge >= 0.3 is 0 Å². The van der Waals surface area contributed by atoms with Gasteiger partial charge in [0.25, 0.3) is 0 Å². The highest BCUT2D eigenvalue weighted by atomic mass is 19.1. The average Bonchev–Trinajstić information content (AvgIpc) is 2.62. The first-order valence-corrected chi connectivity index (χ1v) is 8.31. The van der Waals surface area contributed by atoms with Gasteiger partial charge in [0.2, 0.25) is 11.8 Å². The van der Waals surface area contributed by atoms with Gasteiger partial charge in [0.05, 0.1) is 6.07 Å². The number of rotatable bonds is 5. The van der Waals surface area contributed by atoms with Crippen molar-refractivity contribution in [2.24, 2.45) is 5.41 Å². The summed E-state index contributed by atoms with van der Waals surface area (Å²) >= 11 is 0. The molecule has 1 heterocycles. The van der Waals surface area contributed by atoms with Gasteiger partial charge in [0.15, 0.2) is 0 Å². The summed E-state index contributed by atoms with van der Waals surface area (Å²) in [4.78, 5) is 27.9. The van der Waals surface area contributed by atoms with Gasteiger partial charge in [-0.1, -0.05) is 0 Å². The molecule has 1 aliphatic heterocycles. The minimum Gasteiger partial charge on any atom is -0.368 e. The molecule has 7 heteroatoms. The van der Waals surface area contributed by atoms with E-state index >= 15 is 0 Å². The van der Waals surface area contributed by atoms with Gasteiger partial charge in [-0.25, -0.2) is 4.39 Å². The lowest BCUT2D eigenvalue weighted by Gasteiger charge is -2.36. The number of hydrogen-bond donors (Lipinski definition) is 1. The van der Waals surface area contributed by atoms with Gasteiger partial charge in [-0.15, -0.1) is 0 Å². The number of carbonyl (C=O) groups is 2. The number of nitrogens with zero attached hydrogens (tertiary/aromatic N) is 3. The zero-order valence-electron chi connectivity index (χ0n) is 14.6. The maximum Gasteiger partial charge on any atom is 0.239 e. The third-order valence-corrected chi connectivity index (χ3v) is 4.30. The Kier molecular flexibility index (Phi) is 5.97. The third kappa shape index (κ3) is 4.92. The molecule has 1 saturated heterocycles. The number of piperazine rings is 1. The number of hydrogen-bond acceptors (Lipinski definition) is 4. The maximum atomic E-state index is 13.0. The molecule has 0 aromatic heterocycles. The van der Waals surface area contributed by atoms with Crippen molar-refractivity contribution < 1.29 is 14.0 Å². The molecule has 25 heavy (non-hydrogen) atoms. The largest absolute Gasteiger partial charge is 0.368 e. The van der Waals surface area contributed by atoms with Crippen LogP contribution in [0, 0.1) is 22.6 Å². The van der Waals surface area contributed by atoms with Crippen LogP contribution in [0.1, 0.15) is 20.3 Å². The zero-order valence-corrected chi connectivity index (χ0v) is 14.6. The quantitative estimate of drug-likeness (QED) is 0.877. The molecular formula is C18H23FN4O2. The number of carbonyl (C=O) groups excluding carboxylic acids is 2. The molecule has 1 aromatic carbocycles. The summed E-state index contributed by atoms with van der Waals surface area (Å²) in [5.74, 6) is -0.656. The Labute approximate surface area is 147 Å². The molecule has 0 aliphatic carbocycles. The van der Waals surface area contributed by atoms with Crippen LogP contribution in [0.5, 0.6) is 0 Å². The first-order valence-electron chi connectivity index (χ1n) is 8.31. The summed E-state index contributed by atoms with van der Waals surface area (Å²) in [5, 5.41) is 11.5. The standard InChI is InChI=1S/C18H23FN4O2/c1-18(2,13-20)17(25)21-8-7-16(24)23-11-9-22(10-12-23)15-5-3-14(19)4-6-15/h3-6H,7-12H2,1-2H3,(H,21,25). The molecule has 0 saturated carbocycles. The molecule has 0 spiro atoms. The summed E-state index contributed by atoms with van der Waals surface area (Å²) in [6.07, 6.45) is 0.212. The smallest absolute Gasteiger partial charge is 0.239 e. The fourth-order valence-electron chi connectivity index (χ4n) is 2.58. The number of nitrogens with one attached hydrogen (secondary N) is 1. The molecule has 1 aromatic rings. The lowest BCUT2D eigenvalue weighted by molar-refractivity contribution is -0.131. The Bertz CT molecular complexity index is 659. The van der Waals surface area contributed by atoms with Gasteiger partial charge < -0.3 is 15.1 Å². The van der Waals surface area contributed by atoms with Crippen molar-refractivity contribution in [1.29, 1.82) is 5.26 Å². The number of nitriles is 1. The molecule has 0 radical (unpaired) electrons. The van der Waals surface area contributed by atoms with E-state index in [9.17, 15) is 14.0 Å². The Balaban J connectivity index is 1.75. The molecule has 2 amide bonds. The van der Waals surface area contributed by atoms with Crippen LogP contribution in [0.2, 0.25) is 0 Å². The average molecular weight is 346 g/mol. The Hall–Kier alpha value is -2.62. The van der Waals surface area contributed by atoms with Crippen LogP contribution in [0.25, 0.3) is 0 Å². The highest BCUT2D eigenvalue weighted by molar-refractivity contribution is 5.85. The normalized spacial score (nSPS) is 14.8. The predicted molar refractivity (Wildman–Crippen MR) is 92.2 cm³/mol. The monoisotopic (exact) mass is 346 g/mol. The molecule has 6 nitrogen and oxygen atoms in total. The van der Waals surface area contributed by atoms with E-state index in [-0.39, 0.29) is 30.6 Å². The SMILES string of the molecule is CC(C)(C#N)C(=O)NCCC(=O)N1CCN(c2ccc(F)cc2)CC1. The molecule has 1 fully saturated rings. The number of halogens is 1. The highest BCUT2D eigenvalue weighted by Crippen LogP contribution is 2.17. The van der Waals surface area contributed by atoms with E-state index in [4.69, 9.17) is 5.26 Å². The second kappa shape index (κ2) is 7.97. The number of anilines is 1. The second-order valence-corrected chi connectivity index (χ2v) is 6.59. The molecule has 0 unspecified atom stereocenters. The van der Waals surface area contributed by atoms with Gasteiger partial charge in [-0.05, 0) is 38.1 Å². The van der Waals surface area contributed by atoms with Crippen LogP contribution in [-0.4, -0.2) is 49.4 Å². The Morgan fingerprint density at radius 2 is 1.80 bits per heavy atom. The topological polar surface area (TPSA) is 76.4 Å². The zero-order chi connectivity index (χ0) is 18.4. The van der Waals surface area contributed by atoms with Crippen LogP contribution in [-0.2, 0) is 9.59 Å². The minimum absolute atomic E-state index is 0.0196. The first-order chi connectivity index (χ1) is 11.8.